The van der Waals surface area contributed by atoms with Gasteiger partial charge in [0.1, 0.15) is 21.0 Å². The standard InChI is InChI=1S/C11H8N2O4/c14-12(15)11(13(16)17)9-5-1-2-6-10(11)8-4-3-7-9/h1-8H. The molecule has 0 fully saturated rings. The average Bonchev–Trinajstić information content (AvgIpc) is 2.56. The van der Waals surface area contributed by atoms with Crippen molar-refractivity contribution in [1.82, 2.24) is 0 Å². The summed E-state index contributed by atoms with van der Waals surface area (Å²) in [5.41, 5.74) is -2.33. The van der Waals surface area contributed by atoms with Crippen LogP contribution in [0.25, 0.3) is 0 Å². The van der Waals surface area contributed by atoms with E-state index in [1.807, 2.05) is 0 Å². The Bertz CT molecular complexity index is 490. The zero-order valence-corrected chi connectivity index (χ0v) is 8.65. The zero-order chi connectivity index (χ0) is 12.5. The monoisotopic (exact) mass is 232 g/mol. The number of nitro groups is 2. The minimum Gasteiger partial charge on any atom is -0.258 e. The predicted octanol–water partition coefficient (Wildman–Crippen LogP) is 1.78. The Morgan fingerprint density at radius 1 is 0.824 bits per heavy atom. The molecule has 2 aliphatic carbocycles. The third-order valence-corrected chi connectivity index (χ3v) is 2.66. The number of nitrogens with zero attached hydrogens (tertiary/aromatic N) is 2. The highest BCUT2D eigenvalue weighted by atomic mass is 16.7. The fourth-order valence-electron chi connectivity index (χ4n) is 1.87. The molecule has 0 aliphatic heterocycles. The van der Waals surface area contributed by atoms with Gasteiger partial charge in [-0.2, -0.15) is 0 Å². The van der Waals surface area contributed by atoms with Gasteiger partial charge in [-0.3, -0.25) is 20.2 Å². The smallest absolute Gasteiger partial charge is 0.258 e. The van der Waals surface area contributed by atoms with Crippen molar-refractivity contribution >= 4 is 0 Å². The van der Waals surface area contributed by atoms with Crippen LogP contribution in [0.15, 0.2) is 59.8 Å². The molecule has 0 amide bonds. The summed E-state index contributed by atoms with van der Waals surface area (Å²) < 4.78 is 0. The molecule has 6 nitrogen and oxygen atoms in total. The van der Waals surface area contributed by atoms with Crippen LogP contribution < -0.4 is 0 Å². The second-order valence-electron chi connectivity index (χ2n) is 3.53. The molecule has 0 heterocycles. The highest BCUT2D eigenvalue weighted by Crippen LogP contribution is 2.35. The second-order valence-corrected chi connectivity index (χ2v) is 3.53. The van der Waals surface area contributed by atoms with E-state index in [2.05, 4.69) is 0 Å². The molecular formula is C11H8N2O4. The normalized spacial score (nSPS) is 20.0. The van der Waals surface area contributed by atoms with Crippen LogP contribution in [0, 0.1) is 20.2 Å². The summed E-state index contributed by atoms with van der Waals surface area (Å²) in [5, 5.41) is 22.4. The molecule has 86 valence electrons. The van der Waals surface area contributed by atoms with Crippen molar-refractivity contribution in [2.24, 2.45) is 0 Å². The van der Waals surface area contributed by atoms with E-state index in [0.717, 1.165) is 0 Å². The predicted molar refractivity (Wildman–Crippen MR) is 60.3 cm³/mol. The van der Waals surface area contributed by atoms with Gasteiger partial charge in [0, 0.05) is 0 Å². The number of allylic oxidation sites excluding steroid dienone is 6. The van der Waals surface area contributed by atoms with Gasteiger partial charge >= 0.3 is 5.66 Å². The van der Waals surface area contributed by atoms with E-state index in [9.17, 15) is 20.2 Å². The van der Waals surface area contributed by atoms with E-state index in [-0.39, 0.29) is 11.1 Å². The van der Waals surface area contributed by atoms with E-state index in [4.69, 9.17) is 0 Å². The third kappa shape index (κ3) is 1.42. The van der Waals surface area contributed by atoms with Gasteiger partial charge < -0.3 is 0 Å². The van der Waals surface area contributed by atoms with Crippen LogP contribution in [0.5, 0.6) is 0 Å². The maximum atomic E-state index is 11.2. The van der Waals surface area contributed by atoms with Gasteiger partial charge in [0.05, 0.1) is 0 Å². The Morgan fingerprint density at radius 3 is 1.59 bits per heavy atom. The zero-order valence-electron chi connectivity index (χ0n) is 8.65. The molecule has 0 aromatic carbocycles. The quantitative estimate of drug-likeness (QED) is 0.412. The van der Waals surface area contributed by atoms with Gasteiger partial charge in [0.2, 0.25) is 0 Å². The van der Waals surface area contributed by atoms with Crippen molar-refractivity contribution in [2.75, 3.05) is 0 Å². The van der Waals surface area contributed by atoms with Crippen molar-refractivity contribution in [2.45, 2.75) is 5.66 Å². The number of hydrogen-bond donors (Lipinski definition) is 0. The number of rotatable bonds is 2. The Morgan fingerprint density at radius 2 is 1.24 bits per heavy atom. The Kier molecular flexibility index (Phi) is 2.47. The van der Waals surface area contributed by atoms with Crippen molar-refractivity contribution in [3.63, 3.8) is 0 Å². The Balaban J connectivity index is 2.81. The lowest BCUT2D eigenvalue weighted by atomic mass is 9.93. The molecule has 2 bridgehead atoms. The first-order valence-corrected chi connectivity index (χ1v) is 4.83. The SMILES string of the molecule is O=[N+]([O-])C1([N+](=O)[O-])C2=CC=CC=C1C=CC=C2. The molecule has 0 aromatic heterocycles. The topological polar surface area (TPSA) is 86.3 Å². The van der Waals surface area contributed by atoms with Crippen molar-refractivity contribution in [3.05, 3.63) is 80.0 Å². The van der Waals surface area contributed by atoms with E-state index in [1.54, 1.807) is 24.3 Å². The molecule has 0 saturated carbocycles. The molecule has 0 unspecified atom stereocenters. The first kappa shape index (κ1) is 11.0. The van der Waals surface area contributed by atoms with E-state index in [0.29, 0.717) is 0 Å². The lowest BCUT2D eigenvalue weighted by Crippen LogP contribution is -2.48. The molecule has 0 atom stereocenters. The van der Waals surface area contributed by atoms with Crippen LogP contribution >= 0.6 is 0 Å². The maximum absolute atomic E-state index is 11.2. The molecule has 6 heteroatoms. The van der Waals surface area contributed by atoms with Crippen LogP contribution in [0.2, 0.25) is 0 Å². The maximum Gasteiger partial charge on any atom is 0.510 e. The molecule has 0 spiro atoms. The van der Waals surface area contributed by atoms with Crippen molar-refractivity contribution in [1.29, 1.82) is 0 Å². The lowest BCUT2D eigenvalue weighted by molar-refractivity contribution is -0.770. The minimum absolute atomic E-state index is 0.0394. The molecular weight excluding hydrogens is 224 g/mol. The molecule has 17 heavy (non-hydrogen) atoms. The van der Waals surface area contributed by atoms with Gasteiger partial charge in [0.15, 0.2) is 0 Å². The average molecular weight is 232 g/mol. The van der Waals surface area contributed by atoms with Crippen LogP contribution in [0.3, 0.4) is 0 Å². The highest BCUT2D eigenvalue weighted by molar-refractivity contribution is 5.49. The number of fused-ring (bicyclic) bond motifs is 2. The summed E-state index contributed by atoms with van der Waals surface area (Å²) >= 11 is 0. The molecule has 0 aromatic rings. The summed E-state index contributed by atoms with van der Waals surface area (Å²) in [6.07, 6.45) is 11.7. The minimum atomic E-state index is -2.41. The van der Waals surface area contributed by atoms with Gasteiger partial charge in [-0.05, 0) is 24.3 Å². The summed E-state index contributed by atoms with van der Waals surface area (Å²) in [6, 6.07) is 0. The van der Waals surface area contributed by atoms with Crippen LogP contribution in [-0.4, -0.2) is 15.5 Å². The molecule has 2 rings (SSSR count). The summed E-state index contributed by atoms with van der Waals surface area (Å²) in [5.74, 6) is 0. The van der Waals surface area contributed by atoms with E-state index < -0.39 is 15.5 Å². The molecule has 0 radical (unpaired) electrons. The Hall–Kier alpha value is -2.50. The molecule has 2 aliphatic rings. The first-order chi connectivity index (χ1) is 8.10. The van der Waals surface area contributed by atoms with Gasteiger partial charge in [0.25, 0.3) is 0 Å². The van der Waals surface area contributed by atoms with E-state index in [1.165, 1.54) is 24.3 Å². The largest absolute Gasteiger partial charge is 0.510 e. The molecule has 0 N–H and O–H groups in total. The summed E-state index contributed by atoms with van der Waals surface area (Å²) in [4.78, 5) is 20.7. The van der Waals surface area contributed by atoms with Crippen LogP contribution in [-0.2, 0) is 0 Å². The van der Waals surface area contributed by atoms with Gasteiger partial charge in [-0.15, -0.1) is 0 Å². The summed E-state index contributed by atoms with van der Waals surface area (Å²) in [6.45, 7) is 0. The fourth-order valence-corrected chi connectivity index (χ4v) is 1.87. The highest BCUT2D eigenvalue weighted by Gasteiger charge is 2.62. The van der Waals surface area contributed by atoms with Crippen molar-refractivity contribution in [3.8, 4) is 0 Å². The van der Waals surface area contributed by atoms with Gasteiger partial charge in [-0.25, -0.2) is 0 Å². The Labute approximate surface area is 96.2 Å². The first-order valence-electron chi connectivity index (χ1n) is 4.83. The fraction of sp³-hybridized carbons (Fsp3) is 0.0909. The molecule has 0 saturated heterocycles. The van der Waals surface area contributed by atoms with Crippen LogP contribution in [0.1, 0.15) is 0 Å². The summed E-state index contributed by atoms with van der Waals surface area (Å²) in [7, 11) is 0. The van der Waals surface area contributed by atoms with Crippen molar-refractivity contribution < 1.29 is 9.85 Å². The lowest BCUT2D eigenvalue weighted by Gasteiger charge is -2.17. The number of hydrogen-bond acceptors (Lipinski definition) is 4. The van der Waals surface area contributed by atoms with Crippen LogP contribution in [0.4, 0.5) is 0 Å². The van der Waals surface area contributed by atoms with Gasteiger partial charge in [-0.1, -0.05) is 24.3 Å². The third-order valence-electron chi connectivity index (χ3n) is 2.66. The van der Waals surface area contributed by atoms with E-state index >= 15 is 0 Å². The second kappa shape index (κ2) is 3.82.